The van der Waals surface area contributed by atoms with Gasteiger partial charge in [0.25, 0.3) is 5.89 Å². The Balaban J connectivity index is 1.48. The van der Waals surface area contributed by atoms with Crippen molar-refractivity contribution >= 4 is 6.09 Å². The highest BCUT2D eigenvalue weighted by atomic mass is 16.6. The lowest BCUT2D eigenvalue weighted by Crippen LogP contribution is -2.37. The molecular weight excluding hydrogens is 298 g/mol. The maximum atomic E-state index is 12.2. The van der Waals surface area contributed by atoms with Crippen molar-refractivity contribution in [3.63, 3.8) is 0 Å². The predicted molar refractivity (Wildman–Crippen MR) is 79.8 cm³/mol. The summed E-state index contributed by atoms with van der Waals surface area (Å²) in [4.78, 5) is 18.6. The van der Waals surface area contributed by atoms with Crippen LogP contribution in [0.25, 0.3) is 0 Å². The molecule has 1 amide bonds. The molecule has 0 bridgehead atoms. The van der Waals surface area contributed by atoms with E-state index < -0.39 is 5.60 Å². The first-order valence-electron chi connectivity index (χ1n) is 8.16. The third kappa shape index (κ3) is 2.33. The maximum Gasteiger partial charge on any atom is 0.410 e. The monoisotopic (exact) mass is 321 g/mol. The zero-order valence-electron chi connectivity index (χ0n) is 14.1. The topological polar surface area (TPSA) is 77.7 Å². The fourth-order valence-corrected chi connectivity index (χ4v) is 3.52. The van der Waals surface area contributed by atoms with E-state index in [0.29, 0.717) is 30.7 Å². The average Bonchev–Trinajstić information content (AvgIpc) is 3.31. The van der Waals surface area contributed by atoms with E-state index in [1.54, 1.807) is 12.0 Å². The van der Waals surface area contributed by atoms with E-state index in [0.717, 1.165) is 19.3 Å². The highest BCUT2D eigenvalue weighted by Gasteiger charge is 2.65. The molecule has 3 fully saturated rings. The second-order valence-electron chi connectivity index (χ2n) is 8.04. The van der Waals surface area contributed by atoms with Crippen LogP contribution in [-0.2, 0) is 20.5 Å². The molecule has 23 heavy (non-hydrogen) atoms. The van der Waals surface area contributed by atoms with Gasteiger partial charge >= 0.3 is 6.09 Å². The molecule has 1 aromatic rings. The normalized spacial score (nSPS) is 31.0. The van der Waals surface area contributed by atoms with Crippen LogP contribution in [0.5, 0.6) is 0 Å². The number of hydrogen-bond donors (Lipinski definition) is 0. The SMILES string of the molecule is COC1(c2nc(C34CC3CN(C(=O)OC(C)(C)C)C4)no2)CC1. The van der Waals surface area contributed by atoms with Gasteiger partial charge in [-0.1, -0.05) is 5.16 Å². The van der Waals surface area contributed by atoms with Crippen LogP contribution in [0.15, 0.2) is 4.52 Å². The molecule has 1 saturated heterocycles. The molecule has 4 rings (SSSR count). The molecule has 0 N–H and O–H groups in total. The molecule has 2 atom stereocenters. The molecule has 0 spiro atoms. The number of carbonyl (C=O) groups excluding carboxylic acids is 1. The summed E-state index contributed by atoms with van der Waals surface area (Å²) in [6, 6.07) is 0. The van der Waals surface area contributed by atoms with Gasteiger partial charge in [-0.2, -0.15) is 4.98 Å². The number of ether oxygens (including phenoxy) is 2. The minimum atomic E-state index is -0.479. The fraction of sp³-hybridized carbons (Fsp3) is 0.812. The molecule has 2 saturated carbocycles. The van der Waals surface area contributed by atoms with Crippen molar-refractivity contribution in [1.82, 2.24) is 15.0 Å². The Morgan fingerprint density at radius 3 is 2.74 bits per heavy atom. The van der Waals surface area contributed by atoms with Crippen LogP contribution < -0.4 is 0 Å². The van der Waals surface area contributed by atoms with Crippen LogP contribution in [0.3, 0.4) is 0 Å². The summed E-state index contributed by atoms with van der Waals surface area (Å²) in [5.41, 5.74) is -0.995. The van der Waals surface area contributed by atoms with Crippen molar-refractivity contribution in [1.29, 1.82) is 0 Å². The number of fused-ring (bicyclic) bond motifs is 1. The molecule has 1 aliphatic heterocycles. The number of nitrogens with zero attached hydrogens (tertiary/aromatic N) is 3. The number of carbonyl (C=O) groups is 1. The van der Waals surface area contributed by atoms with E-state index in [1.807, 2.05) is 20.8 Å². The van der Waals surface area contributed by atoms with Crippen LogP contribution in [0, 0.1) is 5.92 Å². The van der Waals surface area contributed by atoms with Gasteiger partial charge in [0.05, 0.1) is 5.41 Å². The number of rotatable bonds is 3. The molecule has 7 heteroatoms. The van der Waals surface area contributed by atoms with E-state index in [9.17, 15) is 4.79 Å². The highest BCUT2D eigenvalue weighted by molar-refractivity contribution is 5.69. The fourth-order valence-electron chi connectivity index (χ4n) is 3.52. The lowest BCUT2D eigenvalue weighted by molar-refractivity contribution is 0.0269. The Labute approximate surface area is 135 Å². The van der Waals surface area contributed by atoms with Gasteiger partial charge in [-0.15, -0.1) is 0 Å². The smallest absolute Gasteiger partial charge is 0.410 e. The van der Waals surface area contributed by atoms with Gasteiger partial charge in [0.15, 0.2) is 5.82 Å². The number of aromatic nitrogens is 2. The van der Waals surface area contributed by atoms with E-state index in [1.165, 1.54) is 0 Å². The van der Waals surface area contributed by atoms with E-state index >= 15 is 0 Å². The van der Waals surface area contributed by atoms with Crippen LogP contribution in [0.2, 0.25) is 0 Å². The predicted octanol–water partition coefficient (Wildman–Crippen LogP) is 2.21. The number of likely N-dealkylation sites (tertiary alicyclic amines) is 1. The molecule has 0 aromatic carbocycles. The van der Waals surface area contributed by atoms with Gasteiger partial charge in [-0.25, -0.2) is 4.79 Å². The van der Waals surface area contributed by atoms with Gasteiger partial charge < -0.3 is 18.9 Å². The van der Waals surface area contributed by atoms with Crippen LogP contribution in [-0.4, -0.2) is 46.9 Å². The lowest BCUT2D eigenvalue weighted by Gasteiger charge is -2.25. The van der Waals surface area contributed by atoms with Crippen molar-refractivity contribution in [2.75, 3.05) is 20.2 Å². The molecular formula is C16H23N3O4. The third-order valence-corrected chi connectivity index (χ3v) is 5.15. The second-order valence-corrected chi connectivity index (χ2v) is 8.04. The van der Waals surface area contributed by atoms with Crippen molar-refractivity contribution in [3.8, 4) is 0 Å². The van der Waals surface area contributed by atoms with Gasteiger partial charge in [-0.05, 0) is 46.0 Å². The van der Waals surface area contributed by atoms with Gasteiger partial charge in [0.1, 0.15) is 11.2 Å². The van der Waals surface area contributed by atoms with Crippen molar-refractivity contribution in [2.45, 2.75) is 56.7 Å². The zero-order valence-corrected chi connectivity index (χ0v) is 14.1. The lowest BCUT2D eigenvalue weighted by atomic mass is 10.1. The van der Waals surface area contributed by atoms with Gasteiger partial charge in [0.2, 0.25) is 0 Å². The zero-order chi connectivity index (χ0) is 16.5. The van der Waals surface area contributed by atoms with Crippen molar-refractivity contribution < 1.29 is 18.8 Å². The number of amides is 1. The summed E-state index contributed by atoms with van der Waals surface area (Å²) in [5, 5.41) is 4.19. The number of methoxy groups -OCH3 is 1. The maximum absolute atomic E-state index is 12.2. The average molecular weight is 321 g/mol. The first-order chi connectivity index (χ1) is 10.8. The van der Waals surface area contributed by atoms with Crippen LogP contribution in [0.4, 0.5) is 4.79 Å². The Bertz CT molecular complexity index is 646. The Kier molecular flexibility index (Phi) is 2.90. The van der Waals surface area contributed by atoms with E-state index in [4.69, 9.17) is 14.0 Å². The Morgan fingerprint density at radius 2 is 2.13 bits per heavy atom. The van der Waals surface area contributed by atoms with E-state index in [-0.39, 0.29) is 17.1 Å². The molecule has 0 radical (unpaired) electrons. The first kappa shape index (κ1) is 14.9. The first-order valence-corrected chi connectivity index (χ1v) is 8.16. The summed E-state index contributed by atoms with van der Waals surface area (Å²) in [6.45, 7) is 6.94. The summed E-state index contributed by atoms with van der Waals surface area (Å²) in [6.07, 6.45) is 2.59. The number of hydrogen-bond acceptors (Lipinski definition) is 6. The molecule has 2 heterocycles. The number of piperidine rings is 1. The van der Waals surface area contributed by atoms with Gasteiger partial charge in [-0.3, -0.25) is 0 Å². The summed E-state index contributed by atoms with van der Waals surface area (Å²) in [5.74, 6) is 1.69. The van der Waals surface area contributed by atoms with Crippen LogP contribution >= 0.6 is 0 Å². The highest BCUT2D eigenvalue weighted by Crippen LogP contribution is 2.59. The standard InChI is InChI=1S/C16H23N3O4/c1-14(2,3)22-13(20)19-8-10-7-15(10,9-19)11-17-12(23-18-11)16(21-4)5-6-16/h10H,5-9H2,1-4H3. The quantitative estimate of drug-likeness (QED) is 0.849. The second kappa shape index (κ2) is 4.47. The molecule has 2 aliphatic carbocycles. The van der Waals surface area contributed by atoms with Crippen LogP contribution in [0.1, 0.15) is 51.7 Å². The van der Waals surface area contributed by atoms with Gasteiger partial charge in [0, 0.05) is 20.2 Å². The molecule has 3 aliphatic rings. The molecule has 126 valence electrons. The summed E-state index contributed by atoms with van der Waals surface area (Å²) >= 11 is 0. The molecule has 1 aromatic heterocycles. The summed E-state index contributed by atoms with van der Waals surface area (Å²) in [7, 11) is 1.68. The van der Waals surface area contributed by atoms with Crippen molar-refractivity contribution in [3.05, 3.63) is 11.7 Å². The minimum absolute atomic E-state index is 0.150. The minimum Gasteiger partial charge on any atom is -0.444 e. The third-order valence-electron chi connectivity index (χ3n) is 5.15. The van der Waals surface area contributed by atoms with E-state index in [2.05, 4.69) is 10.1 Å². The van der Waals surface area contributed by atoms with Crippen molar-refractivity contribution in [2.24, 2.45) is 5.92 Å². The Hall–Kier alpha value is -1.63. The molecule has 7 nitrogen and oxygen atoms in total. The summed E-state index contributed by atoms with van der Waals surface area (Å²) < 4.78 is 16.4. The molecule has 2 unspecified atom stereocenters. The largest absolute Gasteiger partial charge is 0.444 e. The Morgan fingerprint density at radius 1 is 1.39 bits per heavy atom.